The maximum Gasteiger partial charge on any atom is 0.319 e. The van der Waals surface area contributed by atoms with E-state index in [4.69, 9.17) is 14.7 Å². The van der Waals surface area contributed by atoms with Crippen molar-refractivity contribution < 1.29 is 9.53 Å². The third-order valence-electron chi connectivity index (χ3n) is 7.00. The number of hydrogen-bond acceptors (Lipinski definition) is 7. The fourth-order valence-corrected chi connectivity index (χ4v) is 5.14. The summed E-state index contributed by atoms with van der Waals surface area (Å²) in [5.74, 6) is 1.80. The molecule has 9 nitrogen and oxygen atoms in total. The standard InChI is InChI=1S/C25H35N7O2/c1-3-27-25(33)28-19-6-4-18(5-7-19)23-29-22-15-31(20-8-10-26-14-20)11-9-21(22)24(30-23)32-12-13-34-16-17(32)2/h4-7,17,20,26H,3,8-16H2,1-2H3,(H2,27,28,33). The van der Waals surface area contributed by atoms with Crippen molar-refractivity contribution in [2.75, 3.05) is 56.2 Å². The Hall–Kier alpha value is -2.75. The SMILES string of the molecule is CCNC(=O)Nc1ccc(-c2nc3c(c(N4CCOCC4C)n2)CCN(C2CCNC2)C3)cc1. The highest BCUT2D eigenvalue weighted by atomic mass is 16.5. The molecule has 1 aromatic heterocycles. The van der Waals surface area contributed by atoms with Gasteiger partial charge in [-0.05, 0) is 57.5 Å². The zero-order valence-corrected chi connectivity index (χ0v) is 20.1. The Labute approximate surface area is 201 Å². The molecule has 0 spiro atoms. The van der Waals surface area contributed by atoms with Gasteiger partial charge in [-0.15, -0.1) is 0 Å². The summed E-state index contributed by atoms with van der Waals surface area (Å²) in [6.07, 6.45) is 2.17. The van der Waals surface area contributed by atoms with E-state index >= 15 is 0 Å². The molecule has 2 atom stereocenters. The van der Waals surface area contributed by atoms with E-state index in [9.17, 15) is 4.79 Å². The minimum atomic E-state index is -0.203. The highest BCUT2D eigenvalue weighted by Crippen LogP contribution is 2.32. The Bertz CT molecular complexity index is 1010. The monoisotopic (exact) mass is 465 g/mol. The van der Waals surface area contributed by atoms with E-state index in [1.165, 1.54) is 12.0 Å². The summed E-state index contributed by atoms with van der Waals surface area (Å²) in [5.41, 5.74) is 4.12. The largest absolute Gasteiger partial charge is 0.377 e. The average Bonchev–Trinajstić information content (AvgIpc) is 3.39. The number of nitrogens with one attached hydrogen (secondary N) is 3. The fourth-order valence-electron chi connectivity index (χ4n) is 5.14. The Kier molecular flexibility index (Phi) is 6.94. The van der Waals surface area contributed by atoms with Gasteiger partial charge >= 0.3 is 6.03 Å². The molecular formula is C25H35N7O2. The molecule has 1 aromatic carbocycles. The first-order valence-corrected chi connectivity index (χ1v) is 12.5. The Morgan fingerprint density at radius 2 is 2.09 bits per heavy atom. The Morgan fingerprint density at radius 3 is 2.82 bits per heavy atom. The maximum absolute atomic E-state index is 11.8. The number of anilines is 2. The van der Waals surface area contributed by atoms with Gasteiger partial charge in [0.1, 0.15) is 5.82 Å². The molecular weight excluding hydrogens is 430 g/mol. The number of carbonyl (C=O) groups excluding carboxylic acids is 1. The molecule has 2 unspecified atom stereocenters. The highest BCUT2D eigenvalue weighted by Gasteiger charge is 2.31. The molecule has 5 rings (SSSR count). The van der Waals surface area contributed by atoms with Gasteiger partial charge in [0.15, 0.2) is 5.82 Å². The van der Waals surface area contributed by atoms with Crippen LogP contribution in [-0.4, -0.2) is 78.9 Å². The zero-order chi connectivity index (χ0) is 23.5. The molecule has 2 fully saturated rings. The van der Waals surface area contributed by atoms with Crippen LogP contribution in [0.3, 0.4) is 0 Å². The predicted octanol–water partition coefficient (Wildman–Crippen LogP) is 2.23. The first-order chi connectivity index (χ1) is 16.6. The number of carbonyl (C=O) groups is 1. The molecule has 2 saturated heterocycles. The molecule has 4 heterocycles. The van der Waals surface area contributed by atoms with Gasteiger partial charge in [0, 0.05) is 55.6 Å². The van der Waals surface area contributed by atoms with Gasteiger partial charge in [0.25, 0.3) is 0 Å². The first kappa shape index (κ1) is 23.0. The average molecular weight is 466 g/mol. The van der Waals surface area contributed by atoms with Crippen molar-refractivity contribution in [1.29, 1.82) is 0 Å². The van der Waals surface area contributed by atoms with Crippen LogP contribution in [0.2, 0.25) is 0 Å². The predicted molar refractivity (Wildman–Crippen MR) is 133 cm³/mol. The summed E-state index contributed by atoms with van der Waals surface area (Å²) in [4.78, 5) is 27.0. The second-order valence-electron chi connectivity index (χ2n) is 9.34. The van der Waals surface area contributed by atoms with Crippen molar-refractivity contribution in [3.63, 3.8) is 0 Å². The summed E-state index contributed by atoms with van der Waals surface area (Å²) >= 11 is 0. The Morgan fingerprint density at radius 1 is 1.24 bits per heavy atom. The van der Waals surface area contributed by atoms with Crippen LogP contribution < -0.4 is 20.9 Å². The minimum Gasteiger partial charge on any atom is -0.377 e. The first-order valence-electron chi connectivity index (χ1n) is 12.5. The van der Waals surface area contributed by atoms with Crippen LogP contribution >= 0.6 is 0 Å². The summed E-state index contributed by atoms with van der Waals surface area (Å²) in [6, 6.07) is 8.43. The van der Waals surface area contributed by atoms with Crippen LogP contribution in [0.1, 0.15) is 31.5 Å². The third kappa shape index (κ3) is 4.87. The molecule has 2 amide bonds. The molecule has 2 aromatic rings. The lowest BCUT2D eigenvalue weighted by molar-refractivity contribution is 0.0982. The second kappa shape index (κ2) is 10.2. The minimum absolute atomic E-state index is 0.203. The van der Waals surface area contributed by atoms with Gasteiger partial charge in [0.05, 0.1) is 24.9 Å². The molecule has 34 heavy (non-hydrogen) atoms. The molecule has 9 heteroatoms. The van der Waals surface area contributed by atoms with Gasteiger partial charge in [-0.1, -0.05) is 0 Å². The molecule has 0 saturated carbocycles. The molecule has 3 aliphatic rings. The molecule has 3 N–H and O–H groups in total. The van der Waals surface area contributed by atoms with E-state index < -0.39 is 0 Å². The number of rotatable bonds is 5. The normalized spacial score (nSPS) is 22.9. The maximum atomic E-state index is 11.8. The summed E-state index contributed by atoms with van der Waals surface area (Å²) in [5, 5.41) is 9.10. The number of nitrogens with zero attached hydrogens (tertiary/aromatic N) is 4. The van der Waals surface area contributed by atoms with Crippen molar-refractivity contribution in [2.24, 2.45) is 0 Å². The van der Waals surface area contributed by atoms with Crippen molar-refractivity contribution in [3.8, 4) is 11.4 Å². The van der Waals surface area contributed by atoms with Crippen LogP contribution in [0, 0.1) is 0 Å². The smallest absolute Gasteiger partial charge is 0.319 e. The number of hydrogen-bond donors (Lipinski definition) is 3. The van der Waals surface area contributed by atoms with Crippen molar-refractivity contribution in [1.82, 2.24) is 25.5 Å². The lowest BCUT2D eigenvalue weighted by Crippen LogP contribution is -2.46. The lowest BCUT2D eigenvalue weighted by Gasteiger charge is -2.38. The van der Waals surface area contributed by atoms with E-state index in [1.807, 2.05) is 31.2 Å². The van der Waals surface area contributed by atoms with Gasteiger partial charge in [-0.25, -0.2) is 14.8 Å². The van der Waals surface area contributed by atoms with Crippen LogP contribution in [0.4, 0.5) is 16.3 Å². The van der Waals surface area contributed by atoms with E-state index in [2.05, 4.69) is 32.7 Å². The van der Waals surface area contributed by atoms with Crippen molar-refractivity contribution in [3.05, 3.63) is 35.5 Å². The number of fused-ring (bicyclic) bond motifs is 1. The van der Waals surface area contributed by atoms with E-state index in [-0.39, 0.29) is 12.1 Å². The van der Waals surface area contributed by atoms with Crippen molar-refractivity contribution >= 4 is 17.5 Å². The van der Waals surface area contributed by atoms with Crippen molar-refractivity contribution in [2.45, 2.75) is 45.3 Å². The number of urea groups is 1. The van der Waals surface area contributed by atoms with Gasteiger partial charge < -0.3 is 25.6 Å². The number of amides is 2. The molecule has 0 radical (unpaired) electrons. The van der Waals surface area contributed by atoms with Gasteiger partial charge in [-0.3, -0.25) is 4.90 Å². The summed E-state index contributed by atoms with van der Waals surface area (Å²) in [6.45, 7) is 11.0. The van der Waals surface area contributed by atoms with E-state index in [0.29, 0.717) is 19.2 Å². The second-order valence-corrected chi connectivity index (χ2v) is 9.34. The highest BCUT2D eigenvalue weighted by molar-refractivity contribution is 5.89. The van der Waals surface area contributed by atoms with Crippen LogP contribution in [0.15, 0.2) is 24.3 Å². The van der Waals surface area contributed by atoms with Gasteiger partial charge in [-0.2, -0.15) is 0 Å². The summed E-state index contributed by atoms with van der Waals surface area (Å²) < 4.78 is 5.70. The number of morpholine rings is 1. The van der Waals surface area contributed by atoms with Gasteiger partial charge in [0.2, 0.25) is 0 Å². The zero-order valence-electron chi connectivity index (χ0n) is 20.1. The fraction of sp³-hybridized carbons (Fsp3) is 0.560. The Balaban J connectivity index is 1.46. The number of aromatic nitrogens is 2. The molecule has 0 bridgehead atoms. The van der Waals surface area contributed by atoms with Crippen LogP contribution in [0.25, 0.3) is 11.4 Å². The molecule has 3 aliphatic heterocycles. The number of ether oxygens (including phenoxy) is 1. The van der Waals surface area contributed by atoms with E-state index in [0.717, 1.165) is 74.3 Å². The van der Waals surface area contributed by atoms with Crippen LogP contribution in [-0.2, 0) is 17.7 Å². The quantitative estimate of drug-likeness (QED) is 0.623. The van der Waals surface area contributed by atoms with E-state index in [1.54, 1.807) is 0 Å². The molecule has 182 valence electrons. The molecule has 0 aliphatic carbocycles. The summed E-state index contributed by atoms with van der Waals surface area (Å²) in [7, 11) is 0. The lowest BCUT2D eigenvalue weighted by atomic mass is 10.0. The topological polar surface area (TPSA) is 94.7 Å². The van der Waals surface area contributed by atoms with Crippen LogP contribution in [0.5, 0.6) is 0 Å². The number of benzene rings is 1. The third-order valence-corrected chi connectivity index (χ3v) is 7.00.